The minimum atomic E-state index is -0.473. The first-order valence-corrected chi connectivity index (χ1v) is 9.07. The van der Waals surface area contributed by atoms with Crippen molar-refractivity contribution in [2.24, 2.45) is 5.92 Å². The molecule has 0 saturated heterocycles. The van der Waals surface area contributed by atoms with Crippen molar-refractivity contribution in [1.29, 1.82) is 0 Å². The Morgan fingerprint density at radius 1 is 1.07 bits per heavy atom. The van der Waals surface area contributed by atoms with Crippen LogP contribution in [0.25, 0.3) is 0 Å². The number of methoxy groups -OCH3 is 1. The van der Waals surface area contributed by atoms with Gasteiger partial charge in [0.1, 0.15) is 0 Å². The van der Waals surface area contributed by atoms with E-state index in [-0.39, 0.29) is 29.6 Å². The highest BCUT2D eigenvalue weighted by Gasteiger charge is 2.12. The summed E-state index contributed by atoms with van der Waals surface area (Å²) in [5, 5.41) is 8.34. The van der Waals surface area contributed by atoms with Gasteiger partial charge in [0.15, 0.2) is 11.6 Å². The fraction of sp³-hybridized carbons (Fsp3) is 0.333. The summed E-state index contributed by atoms with van der Waals surface area (Å²) >= 11 is 0. The molecule has 1 unspecified atom stereocenters. The van der Waals surface area contributed by atoms with Gasteiger partial charge >= 0.3 is 6.03 Å². The van der Waals surface area contributed by atoms with Crippen LogP contribution in [-0.2, 0) is 11.3 Å². The lowest BCUT2D eigenvalue weighted by Gasteiger charge is -2.16. The predicted molar refractivity (Wildman–Crippen MR) is 107 cm³/mol. The van der Waals surface area contributed by atoms with Crippen LogP contribution in [-0.4, -0.2) is 19.0 Å². The van der Waals surface area contributed by atoms with Crippen molar-refractivity contribution < 1.29 is 18.7 Å². The van der Waals surface area contributed by atoms with Crippen molar-refractivity contribution in [3.05, 3.63) is 59.4 Å². The van der Waals surface area contributed by atoms with E-state index in [4.69, 9.17) is 4.74 Å². The summed E-state index contributed by atoms with van der Waals surface area (Å²) in [6, 6.07) is 11.1. The lowest BCUT2D eigenvalue weighted by atomic mass is 10.1. The monoisotopic (exact) mass is 387 g/mol. The predicted octanol–water partition coefficient (Wildman–Crippen LogP) is 3.99. The molecule has 28 heavy (non-hydrogen) atoms. The van der Waals surface area contributed by atoms with Crippen LogP contribution in [0.5, 0.6) is 5.75 Å². The molecule has 0 aromatic heterocycles. The summed E-state index contributed by atoms with van der Waals surface area (Å²) in [6.07, 6.45) is 0. The third kappa shape index (κ3) is 5.97. The van der Waals surface area contributed by atoms with E-state index in [1.807, 2.05) is 26.0 Å². The maximum Gasteiger partial charge on any atom is 0.315 e. The fourth-order valence-corrected chi connectivity index (χ4v) is 2.46. The minimum Gasteiger partial charge on any atom is -0.494 e. The van der Waals surface area contributed by atoms with Gasteiger partial charge in [0, 0.05) is 18.2 Å². The molecule has 0 radical (unpaired) electrons. The third-order valence-corrected chi connectivity index (χ3v) is 4.22. The number of carbonyl (C=O) groups excluding carboxylic acids is 2. The molecule has 2 rings (SSSR count). The number of hydrogen-bond donors (Lipinski definition) is 3. The van der Waals surface area contributed by atoms with Gasteiger partial charge in [-0.1, -0.05) is 32.0 Å². The maximum absolute atomic E-state index is 13.8. The number of anilines is 1. The Kier molecular flexibility index (Phi) is 7.37. The van der Waals surface area contributed by atoms with Crippen molar-refractivity contribution in [2.45, 2.75) is 33.4 Å². The molecule has 0 saturated carbocycles. The Morgan fingerprint density at radius 3 is 2.32 bits per heavy atom. The fourth-order valence-electron chi connectivity index (χ4n) is 2.46. The highest BCUT2D eigenvalue weighted by Crippen LogP contribution is 2.21. The number of carbonyl (C=O) groups is 2. The maximum atomic E-state index is 13.8. The normalized spacial score (nSPS) is 11.6. The second kappa shape index (κ2) is 9.73. The van der Waals surface area contributed by atoms with E-state index >= 15 is 0 Å². The molecule has 0 heterocycles. The zero-order chi connectivity index (χ0) is 20.7. The zero-order valence-corrected chi connectivity index (χ0v) is 16.5. The Labute approximate surface area is 164 Å². The quantitative estimate of drug-likeness (QED) is 0.672. The number of rotatable bonds is 7. The Hall–Kier alpha value is -3.09. The van der Waals surface area contributed by atoms with Crippen LogP contribution in [0.3, 0.4) is 0 Å². The van der Waals surface area contributed by atoms with Crippen molar-refractivity contribution in [3.8, 4) is 5.75 Å². The standard InChI is InChI=1S/C21H26FN3O3/c1-13(2)20(26)25-17-8-5-15(6-9-17)12-23-21(27)24-14(3)16-7-10-19(28-4)18(22)11-16/h5-11,13-14H,12H2,1-4H3,(H,25,26)(H2,23,24,27). The van der Waals surface area contributed by atoms with Gasteiger partial charge in [0.25, 0.3) is 0 Å². The molecule has 0 aliphatic rings. The lowest BCUT2D eigenvalue weighted by Crippen LogP contribution is -2.36. The molecule has 3 amide bonds. The molecule has 0 aliphatic carbocycles. The summed E-state index contributed by atoms with van der Waals surface area (Å²) in [4.78, 5) is 23.8. The number of amides is 3. The van der Waals surface area contributed by atoms with Crippen molar-refractivity contribution in [2.75, 3.05) is 12.4 Å². The molecule has 0 spiro atoms. The molecule has 3 N–H and O–H groups in total. The van der Waals surface area contributed by atoms with E-state index in [2.05, 4.69) is 16.0 Å². The van der Waals surface area contributed by atoms with Gasteiger partial charge < -0.3 is 20.7 Å². The molecule has 1 atom stereocenters. The number of hydrogen-bond acceptors (Lipinski definition) is 3. The Bertz CT molecular complexity index is 822. The molecule has 2 aromatic rings. The van der Waals surface area contributed by atoms with E-state index in [1.165, 1.54) is 19.2 Å². The minimum absolute atomic E-state index is 0.0470. The first-order chi connectivity index (χ1) is 13.3. The molecule has 2 aromatic carbocycles. The van der Waals surface area contributed by atoms with Crippen LogP contribution < -0.4 is 20.7 Å². The van der Waals surface area contributed by atoms with E-state index in [0.717, 1.165) is 5.56 Å². The molecule has 0 aliphatic heterocycles. The van der Waals surface area contributed by atoms with E-state index in [1.54, 1.807) is 25.1 Å². The zero-order valence-electron chi connectivity index (χ0n) is 16.5. The first-order valence-electron chi connectivity index (χ1n) is 9.07. The van der Waals surface area contributed by atoms with Crippen LogP contribution in [0.15, 0.2) is 42.5 Å². The molecular weight excluding hydrogens is 361 g/mol. The lowest BCUT2D eigenvalue weighted by molar-refractivity contribution is -0.118. The second-order valence-electron chi connectivity index (χ2n) is 6.78. The van der Waals surface area contributed by atoms with Gasteiger partial charge in [-0.3, -0.25) is 4.79 Å². The number of urea groups is 1. The molecule has 150 valence electrons. The Morgan fingerprint density at radius 2 is 1.75 bits per heavy atom. The first kappa shape index (κ1) is 21.2. The van der Waals surface area contributed by atoms with Crippen LogP contribution in [0.4, 0.5) is 14.9 Å². The van der Waals surface area contributed by atoms with Gasteiger partial charge in [-0.25, -0.2) is 9.18 Å². The number of halogens is 1. The van der Waals surface area contributed by atoms with Crippen molar-refractivity contribution in [1.82, 2.24) is 10.6 Å². The van der Waals surface area contributed by atoms with E-state index < -0.39 is 5.82 Å². The summed E-state index contributed by atoms with van der Waals surface area (Å²) in [5.74, 6) is -0.451. The molecule has 6 nitrogen and oxygen atoms in total. The van der Waals surface area contributed by atoms with Crippen molar-refractivity contribution in [3.63, 3.8) is 0 Å². The SMILES string of the molecule is COc1ccc(C(C)NC(=O)NCc2ccc(NC(=O)C(C)C)cc2)cc1F. The van der Waals surface area contributed by atoms with Crippen molar-refractivity contribution >= 4 is 17.6 Å². The van der Waals surface area contributed by atoms with E-state index in [0.29, 0.717) is 17.8 Å². The van der Waals surface area contributed by atoms with Gasteiger partial charge in [-0.05, 0) is 42.3 Å². The number of benzene rings is 2. The topological polar surface area (TPSA) is 79.5 Å². The van der Waals surface area contributed by atoms with Gasteiger partial charge in [0.2, 0.25) is 5.91 Å². The third-order valence-electron chi connectivity index (χ3n) is 4.22. The number of nitrogens with one attached hydrogen (secondary N) is 3. The largest absolute Gasteiger partial charge is 0.494 e. The van der Waals surface area contributed by atoms with Crippen LogP contribution in [0.1, 0.15) is 37.9 Å². The summed E-state index contributed by atoms with van der Waals surface area (Å²) in [6.45, 7) is 5.75. The van der Waals surface area contributed by atoms with Crippen LogP contribution in [0.2, 0.25) is 0 Å². The van der Waals surface area contributed by atoms with E-state index in [9.17, 15) is 14.0 Å². The highest BCUT2D eigenvalue weighted by atomic mass is 19.1. The number of ether oxygens (including phenoxy) is 1. The van der Waals surface area contributed by atoms with Crippen LogP contribution >= 0.6 is 0 Å². The average molecular weight is 387 g/mol. The van der Waals surface area contributed by atoms with Gasteiger partial charge in [-0.15, -0.1) is 0 Å². The molecular formula is C21H26FN3O3. The molecule has 0 bridgehead atoms. The smallest absolute Gasteiger partial charge is 0.315 e. The van der Waals surface area contributed by atoms with Crippen LogP contribution in [0, 0.1) is 11.7 Å². The second-order valence-corrected chi connectivity index (χ2v) is 6.78. The Balaban J connectivity index is 1.85. The average Bonchev–Trinajstić information content (AvgIpc) is 2.67. The van der Waals surface area contributed by atoms with Gasteiger partial charge in [0.05, 0.1) is 13.2 Å². The highest BCUT2D eigenvalue weighted by molar-refractivity contribution is 5.92. The summed E-state index contributed by atoms with van der Waals surface area (Å²) in [7, 11) is 1.40. The summed E-state index contributed by atoms with van der Waals surface area (Å²) in [5.41, 5.74) is 2.24. The van der Waals surface area contributed by atoms with Gasteiger partial charge in [-0.2, -0.15) is 0 Å². The summed E-state index contributed by atoms with van der Waals surface area (Å²) < 4.78 is 18.7. The molecule has 7 heteroatoms. The molecule has 0 fully saturated rings.